The van der Waals surface area contributed by atoms with Crippen molar-refractivity contribution in [3.05, 3.63) is 77.8 Å². The third-order valence-electron chi connectivity index (χ3n) is 4.17. The van der Waals surface area contributed by atoms with Crippen molar-refractivity contribution < 1.29 is 4.52 Å². The minimum Gasteiger partial charge on any atom is -0.334 e. The van der Waals surface area contributed by atoms with E-state index in [1.54, 1.807) is 6.20 Å². The van der Waals surface area contributed by atoms with Gasteiger partial charge in [-0.2, -0.15) is 10.1 Å². The van der Waals surface area contributed by atoms with E-state index < -0.39 is 0 Å². The van der Waals surface area contributed by atoms with E-state index in [-0.39, 0.29) is 0 Å². The molecule has 5 heteroatoms. The van der Waals surface area contributed by atoms with Gasteiger partial charge in [-0.25, -0.2) is 0 Å². The second kappa shape index (κ2) is 6.80. The molecule has 0 aliphatic heterocycles. The van der Waals surface area contributed by atoms with E-state index >= 15 is 0 Å². The molecule has 0 aliphatic carbocycles. The summed E-state index contributed by atoms with van der Waals surface area (Å²) >= 11 is 0. The maximum absolute atomic E-state index is 5.35. The fraction of sp³-hybridized carbons (Fsp3) is 0.0952. The topological polar surface area (TPSA) is 56.7 Å². The smallest absolute Gasteiger partial charge is 0.250 e. The van der Waals surface area contributed by atoms with Crippen LogP contribution >= 0.6 is 0 Å². The molecule has 0 radical (unpaired) electrons. The van der Waals surface area contributed by atoms with Gasteiger partial charge in [0.05, 0.1) is 5.69 Å². The van der Waals surface area contributed by atoms with Gasteiger partial charge in [-0.15, -0.1) is 0 Å². The molecule has 0 unspecified atom stereocenters. The zero-order valence-electron chi connectivity index (χ0n) is 14.6. The molecule has 2 aromatic carbocycles. The number of hydrogen-bond donors (Lipinski definition) is 0. The Bertz CT molecular complexity index is 1060. The summed E-state index contributed by atoms with van der Waals surface area (Å²) in [6.07, 6.45) is 5.57. The van der Waals surface area contributed by atoms with Gasteiger partial charge in [0.25, 0.3) is 5.89 Å². The van der Waals surface area contributed by atoms with Crippen molar-refractivity contribution in [1.29, 1.82) is 0 Å². The van der Waals surface area contributed by atoms with E-state index in [0.29, 0.717) is 11.7 Å². The summed E-state index contributed by atoms with van der Waals surface area (Å²) in [5.41, 5.74) is 5.32. The van der Waals surface area contributed by atoms with Gasteiger partial charge in [0.2, 0.25) is 5.82 Å². The van der Waals surface area contributed by atoms with E-state index in [9.17, 15) is 0 Å². The Morgan fingerprint density at radius 2 is 1.77 bits per heavy atom. The lowest BCUT2D eigenvalue weighted by Gasteiger charge is -2.03. The van der Waals surface area contributed by atoms with Gasteiger partial charge in [0, 0.05) is 30.4 Å². The Kier molecular flexibility index (Phi) is 4.19. The van der Waals surface area contributed by atoms with Crippen LogP contribution in [0.5, 0.6) is 0 Å². The molecule has 0 saturated carbocycles. The standard InChI is InChI=1S/C21H18N4O/c1-15-6-8-16(9-7-15)10-11-20-23-21(24-26-20)18-5-3-4-17(14-18)19-12-13-22-25(19)2/h3-14H,1-2H3. The molecule has 0 aliphatic rings. The highest BCUT2D eigenvalue weighted by Crippen LogP contribution is 2.24. The summed E-state index contributed by atoms with van der Waals surface area (Å²) in [4.78, 5) is 4.47. The van der Waals surface area contributed by atoms with Crippen molar-refractivity contribution in [2.45, 2.75) is 6.92 Å². The molecule has 2 heterocycles. The highest BCUT2D eigenvalue weighted by atomic mass is 16.5. The van der Waals surface area contributed by atoms with Crippen LogP contribution in [-0.4, -0.2) is 19.9 Å². The number of aromatic nitrogens is 4. The lowest BCUT2D eigenvalue weighted by Crippen LogP contribution is -1.93. The van der Waals surface area contributed by atoms with Crippen molar-refractivity contribution >= 4 is 12.2 Å². The van der Waals surface area contributed by atoms with Gasteiger partial charge < -0.3 is 4.52 Å². The summed E-state index contributed by atoms with van der Waals surface area (Å²) in [6.45, 7) is 2.07. The van der Waals surface area contributed by atoms with Gasteiger partial charge in [0.1, 0.15) is 0 Å². The Balaban J connectivity index is 1.58. The minimum absolute atomic E-state index is 0.478. The van der Waals surface area contributed by atoms with Gasteiger partial charge in [-0.3, -0.25) is 4.68 Å². The summed E-state index contributed by atoms with van der Waals surface area (Å²) in [6, 6.07) is 18.3. The minimum atomic E-state index is 0.478. The van der Waals surface area contributed by atoms with E-state index in [2.05, 4.69) is 46.4 Å². The predicted molar refractivity (Wildman–Crippen MR) is 102 cm³/mol. The molecule has 0 spiro atoms. The molecule has 0 N–H and O–H groups in total. The van der Waals surface area contributed by atoms with Crippen LogP contribution in [0.25, 0.3) is 34.8 Å². The number of nitrogens with zero attached hydrogens (tertiary/aromatic N) is 4. The third kappa shape index (κ3) is 3.32. The van der Waals surface area contributed by atoms with Gasteiger partial charge in [0.15, 0.2) is 0 Å². The first-order valence-corrected chi connectivity index (χ1v) is 8.36. The largest absolute Gasteiger partial charge is 0.334 e. The average molecular weight is 342 g/mol. The second-order valence-corrected chi connectivity index (χ2v) is 6.12. The fourth-order valence-corrected chi connectivity index (χ4v) is 2.74. The molecule has 0 saturated heterocycles. The van der Waals surface area contributed by atoms with Gasteiger partial charge >= 0.3 is 0 Å². The van der Waals surface area contributed by atoms with Crippen LogP contribution in [0.15, 0.2) is 65.3 Å². The SMILES string of the molecule is Cc1ccc(C=Cc2nc(-c3cccc(-c4ccnn4C)c3)no2)cc1. The molecule has 0 amide bonds. The van der Waals surface area contributed by atoms with Gasteiger partial charge in [-0.05, 0) is 30.7 Å². The van der Waals surface area contributed by atoms with Crippen LogP contribution in [-0.2, 0) is 7.05 Å². The number of aryl methyl sites for hydroxylation is 2. The van der Waals surface area contributed by atoms with Crippen molar-refractivity contribution in [3.63, 3.8) is 0 Å². The monoisotopic (exact) mass is 342 g/mol. The zero-order valence-corrected chi connectivity index (χ0v) is 14.6. The highest BCUT2D eigenvalue weighted by molar-refractivity contribution is 5.69. The Morgan fingerprint density at radius 1 is 0.962 bits per heavy atom. The molecule has 2 aromatic heterocycles. The number of benzene rings is 2. The summed E-state index contributed by atoms with van der Waals surface area (Å²) in [7, 11) is 1.92. The van der Waals surface area contributed by atoms with Crippen molar-refractivity contribution in [3.8, 4) is 22.6 Å². The first kappa shape index (κ1) is 16.0. The zero-order chi connectivity index (χ0) is 17.9. The van der Waals surface area contributed by atoms with Crippen molar-refractivity contribution in [1.82, 2.24) is 19.9 Å². The molecule has 26 heavy (non-hydrogen) atoms. The van der Waals surface area contributed by atoms with Crippen LogP contribution in [0.3, 0.4) is 0 Å². The molecule has 4 rings (SSSR count). The van der Waals surface area contributed by atoms with E-state index in [0.717, 1.165) is 22.4 Å². The van der Waals surface area contributed by atoms with Crippen LogP contribution in [0.1, 0.15) is 17.0 Å². The highest BCUT2D eigenvalue weighted by Gasteiger charge is 2.09. The molecule has 5 nitrogen and oxygen atoms in total. The quantitative estimate of drug-likeness (QED) is 0.543. The van der Waals surface area contributed by atoms with Crippen molar-refractivity contribution in [2.75, 3.05) is 0 Å². The van der Waals surface area contributed by atoms with E-state index in [1.165, 1.54) is 5.56 Å². The molecular formula is C21H18N4O. The normalized spacial score (nSPS) is 11.3. The summed E-state index contributed by atoms with van der Waals surface area (Å²) in [5, 5.41) is 8.31. The van der Waals surface area contributed by atoms with E-state index in [1.807, 2.05) is 54.2 Å². The maximum atomic E-state index is 5.35. The molecule has 4 aromatic rings. The average Bonchev–Trinajstić information content (AvgIpc) is 3.30. The second-order valence-electron chi connectivity index (χ2n) is 6.12. The van der Waals surface area contributed by atoms with Crippen LogP contribution < -0.4 is 0 Å². The lowest BCUT2D eigenvalue weighted by atomic mass is 10.1. The molecule has 0 atom stereocenters. The van der Waals surface area contributed by atoms with E-state index in [4.69, 9.17) is 4.52 Å². The fourth-order valence-electron chi connectivity index (χ4n) is 2.74. The number of rotatable bonds is 4. The maximum Gasteiger partial charge on any atom is 0.250 e. The van der Waals surface area contributed by atoms with Crippen LogP contribution in [0.2, 0.25) is 0 Å². The van der Waals surface area contributed by atoms with Gasteiger partial charge in [-0.1, -0.05) is 53.2 Å². The predicted octanol–water partition coefficient (Wildman–Crippen LogP) is 4.62. The lowest BCUT2D eigenvalue weighted by molar-refractivity contribution is 0.411. The Labute approximate surface area is 151 Å². The summed E-state index contributed by atoms with van der Waals surface area (Å²) < 4.78 is 7.19. The first-order valence-electron chi connectivity index (χ1n) is 8.36. The molecule has 0 fully saturated rings. The van der Waals surface area contributed by atoms with Crippen molar-refractivity contribution in [2.24, 2.45) is 7.05 Å². The number of hydrogen-bond acceptors (Lipinski definition) is 4. The molecule has 128 valence electrons. The Hall–Kier alpha value is -3.47. The Morgan fingerprint density at radius 3 is 2.54 bits per heavy atom. The third-order valence-corrected chi connectivity index (χ3v) is 4.17. The first-order chi connectivity index (χ1) is 12.7. The van der Waals surface area contributed by atoms with Crippen LogP contribution in [0, 0.1) is 6.92 Å². The molecule has 0 bridgehead atoms. The van der Waals surface area contributed by atoms with Crippen LogP contribution in [0.4, 0.5) is 0 Å². The summed E-state index contributed by atoms with van der Waals surface area (Å²) in [5.74, 6) is 1.05. The molecular weight excluding hydrogens is 324 g/mol.